The van der Waals surface area contributed by atoms with Crippen LogP contribution in [0.4, 0.5) is 5.88 Å². The van der Waals surface area contributed by atoms with Crippen LogP contribution in [0.1, 0.15) is 91.0 Å². The fraction of sp³-hybridized carbons (Fsp3) is 0.500. The zero-order chi connectivity index (χ0) is 30.3. The molecule has 2 aromatic heterocycles. The van der Waals surface area contributed by atoms with Gasteiger partial charge in [-0.3, -0.25) is 4.90 Å². The van der Waals surface area contributed by atoms with Gasteiger partial charge in [-0.05, 0) is 93.7 Å². The van der Waals surface area contributed by atoms with Crippen LogP contribution in [-0.2, 0) is 13.0 Å². The molecule has 1 aliphatic heterocycles. The molecule has 1 saturated carbocycles. The van der Waals surface area contributed by atoms with Gasteiger partial charge in [-0.2, -0.15) is 0 Å². The van der Waals surface area contributed by atoms with E-state index in [-0.39, 0.29) is 6.04 Å². The average Bonchev–Trinajstić information content (AvgIpc) is 3.73. The largest absolute Gasteiger partial charge is 0.423 e. The standard InChI is InChI=1S/C38H50N4OS/c1-40(2)36(35-18-13-25-44-35)32-21-19-30(20-22-32)27-34(42-23-11-6-12-24-42)37-39-33(26-29-14-7-4-8-15-29)38(43-37)41(3)28-31-16-9-5-10-17-31/h4-5,7-10,13-18,25,30,32,34,36H,6,11-12,19-24,26-28H2,1-3H3. The highest BCUT2D eigenvalue weighted by Crippen LogP contribution is 2.44. The van der Waals surface area contributed by atoms with E-state index in [1.54, 1.807) is 0 Å². The number of thiophene rings is 1. The predicted octanol–water partition coefficient (Wildman–Crippen LogP) is 8.99. The Morgan fingerprint density at radius 3 is 2.16 bits per heavy atom. The second kappa shape index (κ2) is 14.9. The molecular formula is C38H50N4OS. The minimum atomic E-state index is 0.243. The zero-order valence-corrected chi connectivity index (χ0v) is 27.7. The summed E-state index contributed by atoms with van der Waals surface area (Å²) in [7, 11) is 6.66. The fourth-order valence-corrected chi connectivity index (χ4v) is 8.71. The van der Waals surface area contributed by atoms with Crippen LogP contribution in [0.15, 0.2) is 82.6 Å². The van der Waals surface area contributed by atoms with Crippen LogP contribution >= 0.6 is 11.3 Å². The summed E-state index contributed by atoms with van der Waals surface area (Å²) in [5, 5.41) is 2.23. The summed E-state index contributed by atoms with van der Waals surface area (Å²) in [5.74, 6) is 3.29. The van der Waals surface area contributed by atoms with E-state index in [0.29, 0.717) is 12.0 Å². The summed E-state index contributed by atoms with van der Waals surface area (Å²) in [6.07, 6.45) is 11.0. The quantitative estimate of drug-likeness (QED) is 0.160. The van der Waals surface area contributed by atoms with E-state index in [9.17, 15) is 0 Å². The Hall–Kier alpha value is -2.93. The van der Waals surface area contributed by atoms with Gasteiger partial charge in [-0.15, -0.1) is 11.3 Å². The minimum absolute atomic E-state index is 0.243. The van der Waals surface area contributed by atoms with Gasteiger partial charge >= 0.3 is 0 Å². The molecule has 44 heavy (non-hydrogen) atoms. The summed E-state index contributed by atoms with van der Waals surface area (Å²) >= 11 is 1.91. The number of nitrogens with zero attached hydrogens (tertiary/aromatic N) is 4. The van der Waals surface area contributed by atoms with Crippen LogP contribution in [0.25, 0.3) is 0 Å². The third kappa shape index (κ3) is 7.64. The first-order valence-electron chi connectivity index (χ1n) is 16.8. The second-order valence-electron chi connectivity index (χ2n) is 13.4. The molecule has 1 saturated heterocycles. The Bertz CT molecular complexity index is 1390. The molecule has 6 heteroatoms. The molecule has 234 valence electrons. The van der Waals surface area contributed by atoms with Gasteiger partial charge in [0.2, 0.25) is 11.8 Å². The normalized spacial score (nSPS) is 20.9. The number of likely N-dealkylation sites (tertiary alicyclic amines) is 1. The molecular weight excluding hydrogens is 561 g/mol. The van der Waals surface area contributed by atoms with E-state index in [1.165, 1.54) is 60.9 Å². The number of aromatic nitrogens is 1. The fourth-order valence-electron chi connectivity index (χ4n) is 7.70. The monoisotopic (exact) mass is 610 g/mol. The summed E-state index contributed by atoms with van der Waals surface area (Å²) < 4.78 is 6.89. The van der Waals surface area contributed by atoms with Gasteiger partial charge in [0.15, 0.2) is 0 Å². The van der Waals surface area contributed by atoms with Crippen LogP contribution < -0.4 is 4.90 Å². The van der Waals surface area contributed by atoms with Crippen molar-refractivity contribution in [1.29, 1.82) is 0 Å². The Labute approximate surface area is 268 Å². The van der Waals surface area contributed by atoms with Crippen molar-refractivity contribution < 1.29 is 4.42 Å². The molecule has 2 fully saturated rings. The highest BCUT2D eigenvalue weighted by atomic mass is 32.1. The average molecular weight is 611 g/mol. The van der Waals surface area contributed by atoms with Crippen molar-refractivity contribution >= 4 is 17.2 Å². The Balaban J connectivity index is 1.23. The van der Waals surface area contributed by atoms with E-state index < -0.39 is 0 Å². The van der Waals surface area contributed by atoms with Crippen molar-refractivity contribution in [3.05, 3.63) is 106 Å². The van der Waals surface area contributed by atoms with E-state index in [2.05, 4.69) is 114 Å². The Morgan fingerprint density at radius 2 is 1.52 bits per heavy atom. The number of oxazole rings is 1. The molecule has 5 nitrogen and oxygen atoms in total. The van der Waals surface area contributed by atoms with Gasteiger partial charge in [-0.25, -0.2) is 4.98 Å². The lowest BCUT2D eigenvalue weighted by Gasteiger charge is -2.39. The first-order valence-corrected chi connectivity index (χ1v) is 17.7. The summed E-state index contributed by atoms with van der Waals surface area (Å²) in [6, 6.07) is 26.7. The topological polar surface area (TPSA) is 35.8 Å². The highest BCUT2D eigenvalue weighted by Gasteiger charge is 2.35. The van der Waals surface area contributed by atoms with Crippen LogP contribution in [-0.4, -0.2) is 49.0 Å². The van der Waals surface area contributed by atoms with Crippen molar-refractivity contribution in [2.24, 2.45) is 11.8 Å². The van der Waals surface area contributed by atoms with Crippen LogP contribution in [0.5, 0.6) is 0 Å². The van der Waals surface area contributed by atoms with Gasteiger partial charge < -0.3 is 14.2 Å². The van der Waals surface area contributed by atoms with E-state index in [1.807, 2.05) is 11.3 Å². The lowest BCUT2D eigenvalue weighted by atomic mass is 9.75. The molecule has 0 bridgehead atoms. The lowest BCUT2D eigenvalue weighted by Crippen LogP contribution is -2.36. The molecule has 6 rings (SSSR count). The number of benzene rings is 2. The summed E-state index contributed by atoms with van der Waals surface area (Å²) in [4.78, 5) is 14.3. The first kappa shape index (κ1) is 31.1. The maximum Gasteiger partial charge on any atom is 0.220 e. The zero-order valence-electron chi connectivity index (χ0n) is 26.9. The predicted molar refractivity (Wildman–Crippen MR) is 183 cm³/mol. The van der Waals surface area contributed by atoms with E-state index in [0.717, 1.165) is 55.9 Å². The smallest absolute Gasteiger partial charge is 0.220 e. The third-order valence-electron chi connectivity index (χ3n) is 9.92. The molecule has 2 unspecified atom stereocenters. The second-order valence-corrected chi connectivity index (χ2v) is 14.3. The Morgan fingerprint density at radius 1 is 0.841 bits per heavy atom. The van der Waals surface area contributed by atoms with Crippen molar-refractivity contribution in [3.63, 3.8) is 0 Å². The van der Waals surface area contributed by atoms with Crippen LogP contribution in [0.2, 0.25) is 0 Å². The maximum absolute atomic E-state index is 6.89. The van der Waals surface area contributed by atoms with Gasteiger partial charge in [0.1, 0.15) is 5.69 Å². The molecule has 2 aromatic carbocycles. The molecule has 2 aliphatic rings. The van der Waals surface area contributed by atoms with Crippen molar-refractivity contribution in [2.45, 2.75) is 76.4 Å². The molecule has 4 aromatic rings. The molecule has 0 N–H and O–H groups in total. The summed E-state index contributed by atoms with van der Waals surface area (Å²) in [6.45, 7) is 3.09. The summed E-state index contributed by atoms with van der Waals surface area (Å²) in [5.41, 5.74) is 3.61. The van der Waals surface area contributed by atoms with Gasteiger partial charge in [0, 0.05) is 30.9 Å². The van der Waals surface area contributed by atoms with Gasteiger partial charge in [0.05, 0.1) is 6.04 Å². The number of anilines is 1. The van der Waals surface area contributed by atoms with Crippen LogP contribution in [0, 0.1) is 11.8 Å². The van der Waals surface area contributed by atoms with Crippen molar-refractivity contribution in [1.82, 2.24) is 14.8 Å². The Kier molecular flexibility index (Phi) is 10.5. The number of hydrogen-bond acceptors (Lipinski definition) is 6. The number of hydrogen-bond donors (Lipinski definition) is 0. The molecule has 2 atom stereocenters. The molecule has 3 heterocycles. The van der Waals surface area contributed by atoms with Crippen molar-refractivity contribution in [2.75, 3.05) is 39.1 Å². The highest BCUT2D eigenvalue weighted by molar-refractivity contribution is 7.10. The lowest BCUT2D eigenvalue weighted by molar-refractivity contribution is 0.0950. The number of rotatable bonds is 12. The first-order chi connectivity index (χ1) is 21.5. The van der Waals surface area contributed by atoms with E-state index in [4.69, 9.17) is 9.40 Å². The third-order valence-corrected chi connectivity index (χ3v) is 10.9. The maximum atomic E-state index is 6.89. The number of piperidine rings is 1. The minimum Gasteiger partial charge on any atom is -0.423 e. The molecule has 0 radical (unpaired) electrons. The molecule has 0 spiro atoms. The molecule has 0 amide bonds. The van der Waals surface area contributed by atoms with Crippen LogP contribution in [0.3, 0.4) is 0 Å². The van der Waals surface area contributed by atoms with Crippen molar-refractivity contribution in [3.8, 4) is 0 Å². The molecule has 1 aliphatic carbocycles. The van der Waals surface area contributed by atoms with E-state index >= 15 is 0 Å². The SMILES string of the molecule is CN(Cc1ccccc1)c1oc(C(CC2CCC(C(c3cccs3)N(C)C)CC2)N2CCCCC2)nc1Cc1ccccc1. The van der Waals surface area contributed by atoms with Gasteiger partial charge in [0.25, 0.3) is 0 Å². The van der Waals surface area contributed by atoms with Gasteiger partial charge in [-0.1, -0.05) is 86.0 Å².